The molecule has 0 radical (unpaired) electrons. The van der Waals surface area contributed by atoms with Crippen molar-refractivity contribution in [2.75, 3.05) is 0 Å². The Hall–Kier alpha value is -2.27. The van der Waals surface area contributed by atoms with Gasteiger partial charge in [0.15, 0.2) is 6.10 Å². The van der Waals surface area contributed by atoms with Gasteiger partial charge in [-0.25, -0.2) is 0 Å². The van der Waals surface area contributed by atoms with Crippen molar-refractivity contribution in [2.45, 2.75) is 20.0 Å². The van der Waals surface area contributed by atoms with Crippen molar-refractivity contribution in [3.8, 4) is 22.9 Å². The minimum absolute atomic E-state index is 0.448. The maximum Gasteiger partial charge on any atom is 0.181 e. The average molecular weight is 237 g/mol. The monoisotopic (exact) mass is 237 g/mol. The van der Waals surface area contributed by atoms with E-state index in [0.717, 1.165) is 16.9 Å². The highest BCUT2D eigenvalue weighted by Crippen LogP contribution is 2.30. The highest BCUT2D eigenvalue weighted by molar-refractivity contribution is 5.70. The first-order valence-corrected chi connectivity index (χ1v) is 5.93. The number of hydrogen-bond donors (Lipinski definition) is 0. The molecule has 0 bridgehead atoms. The predicted octanol–water partition coefficient (Wildman–Crippen LogP) is 3.95. The summed E-state index contributed by atoms with van der Waals surface area (Å²) in [7, 11) is 0. The first-order chi connectivity index (χ1) is 8.70. The zero-order chi connectivity index (χ0) is 13.0. The van der Waals surface area contributed by atoms with E-state index in [2.05, 4.69) is 25.1 Å². The number of nitriles is 1. The lowest BCUT2D eigenvalue weighted by molar-refractivity contribution is 0.277. The second-order valence-electron chi connectivity index (χ2n) is 4.25. The van der Waals surface area contributed by atoms with Crippen LogP contribution in [0.5, 0.6) is 5.75 Å². The van der Waals surface area contributed by atoms with E-state index in [1.807, 2.05) is 36.4 Å². The maximum absolute atomic E-state index is 8.83. The quantitative estimate of drug-likeness (QED) is 0.809. The number of hydrogen-bond acceptors (Lipinski definition) is 2. The summed E-state index contributed by atoms with van der Waals surface area (Å²) in [6, 6.07) is 18.1. The number of aryl methyl sites for hydroxylation is 1. The molecular formula is C16H15NO. The molecule has 0 saturated heterocycles. The van der Waals surface area contributed by atoms with Gasteiger partial charge in [-0.15, -0.1) is 0 Å². The first kappa shape index (κ1) is 12.2. The second kappa shape index (κ2) is 5.37. The highest BCUT2D eigenvalue weighted by Gasteiger charge is 2.08. The third kappa shape index (κ3) is 2.70. The van der Waals surface area contributed by atoms with Gasteiger partial charge < -0.3 is 4.74 Å². The fraction of sp³-hybridized carbons (Fsp3) is 0.188. The van der Waals surface area contributed by atoms with Crippen molar-refractivity contribution in [3.05, 3.63) is 54.1 Å². The molecule has 2 aromatic carbocycles. The summed E-state index contributed by atoms with van der Waals surface area (Å²) in [5.41, 5.74) is 3.33. The van der Waals surface area contributed by atoms with Crippen molar-refractivity contribution in [2.24, 2.45) is 0 Å². The van der Waals surface area contributed by atoms with Gasteiger partial charge in [0, 0.05) is 5.56 Å². The van der Waals surface area contributed by atoms with Crippen LogP contribution in [-0.2, 0) is 0 Å². The van der Waals surface area contributed by atoms with E-state index in [4.69, 9.17) is 10.00 Å². The maximum atomic E-state index is 8.83. The number of nitrogens with zero attached hydrogens (tertiary/aromatic N) is 1. The Bertz CT molecular complexity index is 584. The Balaban J connectivity index is 2.42. The molecule has 90 valence electrons. The molecule has 2 nitrogen and oxygen atoms in total. The van der Waals surface area contributed by atoms with Crippen LogP contribution in [0.4, 0.5) is 0 Å². The van der Waals surface area contributed by atoms with Crippen LogP contribution in [0, 0.1) is 18.3 Å². The van der Waals surface area contributed by atoms with Crippen molar-refractivity contribution in [1.29, 1.82) is 5.26 Å². The summed E-state index contributed by atoms with van der Waals surface area (Å²) in [6.45, 7) is 3.80. The van der Waals surface area contributed by atoms with Crippen LogP contribution < -0.4 is 4.74 Å². The van der Waals surface area contributed by atoms with Gasteiger partial charge in [-0.05, 0) is 25.5 Å². The zero-order valence-electron chi connectivity index (χ0n) is 10.6. The van der Waals surface area contributed by atoms with E-state index in [0.29, 0.717) is 0 Å². The Labute approximate surface area is 107 Å². The molecule has 0 heterocycles. The van der Waals surface area contributed by atoms with Crippen molar-refractivity contribution in [3.63, 3.8) is 0 Å². The molecule has 0 fully saturated rings. The summed E-state index contributed by atoms with van der Waals surface area (Å²) >= 11 is 0. The highest BCUT2D eigenvalue weighted by atomic mass is 16.5. The molecule has 0 aromatic heterocycles. The van der Waals surface area contributed by atoms with E-state index in [1.54, 1.807) is 6.92 Å². The first-order valence-electron chi connectivity index (χ1n) is 5.93. The summed E-state index contributed by atoms with van der Waals surface area (Å²) in [5.74, 6) is 0.747. The number of ether oxygens (including phenoxy) is 1. The molecule has 0 N–H and O–H groups in total. The van der Waals surface area contributed by atoms with Crippen LogP contribution in [0.15, 0.2) is 48.5 Å². The second-order valence-corrected chi connectivity index (χ2v) is 4.25. The van der Waals surface area contributed by atoms with E-state index in [1.165, 1.54) is 5.56 Å². The van der Waals surface area contributed by atoms with Crippen molar-refractivity contribution >= 4 is 0 Å². The minimum atomic E-state index is -0.448. The van der Waals surface area contributed by atoms with E-state index in [9.17, 15) is 0 Å². The van der Waals surface area contributed by atoms with E-state index in [-0.39, 0.29) is 0 Å². The van der Waals surface area contributed by atoms with Gasteiger partial charge in [0.2, 0.25) is 0 Å². The SMILES string of the molecule is Cc1cccc(-c2ccccc2O[C@H](C)C#N)c1. The van der Waals surface area contributed by atoms with Gasteiger partial charge in [0.1, 0.15) is 11.8 Å². The molecule has 2 aromatic rings. The molecule has 0 aliphatic rings. The molecule has 1 atom stereocenters. The predicted molar refractivity (Wildman–Crippen MR) is 72.3 cm³/mol. The molecule has 0 amide bonds. The number of benzene rings is 2. The van der Waals surface area contributed by atoms with Gasteiger partial charge in [-0.2, -0.15) is 5.26 Å². The molecular weight excluding hydrogens is 222 g/mol. The molecule has 0 saturated carbocycles. The average Bonchev–Trinajstić information content (AvgIpc) is 2.39. The fourth-order valence-electron chi connectivity index (χ4n) is 1.84. The molecule has 18 heavy (non-hydrogen) atoms. The fourth-order valence-corrected chi connectivity index (χ4v) is 1.84. The van der Waals surface area contributed by atoms with Crippen LogP contribution in [0.1, 0.15) is 12.5 Å². The Morgan fingerprint density at radius 1 is 1.11 bits per heavy atom. The summed E-state index contributed by atoms with van der Waals surface area (Å²) in [5, 5.41) is 8.83. The van der Waals surface area contributed by atoms with E-state index >= 15 is 0 Å². The third-order valence-corrected chi connectivity index (χ3v) is 2.70. The number of para-hydroxylation sites is 1. The molecule has 2 rings (SSSR count). The van der Waals surface area contributed by atoms with Crippen LogP contribution >= 0.6 is 0 Å². The van der Waals surface area contributed by atoms with Gasteiger partial charge >= 0.3 is 0 Å². The van der Waals surface area contributed by atoms with Gasteiger partial charge in [0.05, 0.1) is 0 Å². The molecule has 0 aliphatic carbocycles. The number of rotatable bonds is 3. The lowest BCUT2D eigenvalue weighted by atomic mass is 10.0. The van der Waals surface area contributed by atoms with Crippen molar-refractivity contribution < 1.29 is 4.74 Å². The lowest BCUT2D eigenvalue weighted by Crippen LogP contribution is -2.08. The Morgan fingerprint density at radius 2 is 1.89 bits per heavy atom. The molecule has 0 spiro atoms. The van der Waals surface area contributed by atoms with Crippen LogP contribution in [-0.4, -0.2) is 6.10 Å². The van der Waals surface area contributed by atoms with Gasteiger partial charge in [-0.3, -0.25) is 0 Å². The van der Waals surface area contributed by atoms with Crippen LogP contribution in [0.25, 0.3) is 11.1 Å². The summed E-state index contributed by atoms with van der Waals surface area (Å²) < 4.78 is 5.63. The van der Waals surface area contributed by atoms with Crippen LogP contribution in [0.3, 0.4) is 0 Å². The summed E-state index contributed by atoms with van der Waals surface area (Å²) in [4.78, 5) is 0. The third-order valence-electron chi connectivity index (χ3n) is 2.70. The largest absolute Gasteiger partial charge is 0.475 e. The van der Waals surface area contributed by atoms with Crippen LogP contribution in [0.2, 0.25) is 0 Å². The van der Waals surface area contributed by atoms with Crippen molar-refractivity contribution in [1.82, 2.24) is 0 Å². The van der Waals surface area contributed by atoms with E-state index < -0.39 is 6.10 Å². The summed E-state index contributed by atoms with van der Waals surface area (Å²) in [6.07, 6.45) is -0.448. The molecule has 0 unspecified atom stereocenters. The normalized spacial score (nSPS) is 11.6. The minimum Gasteiger partial charge on any atom is -0.475 e. The lowest BCUT2D eigenvalue weighted by Gasteiger charge is -2.13. The zero-order valence-corrected chi connectivity index (χ0v) is 10.6. The standard InChI is InChI=1S/C16H15NO/c1-12-6-5-7-14(10-12)15-8-3-4-9-16(15)18-13(2)11-17/h3-10,13H,1-2H3/t13-/m1/s1. The van der Waals surface area contributed by atoms with Gasteiger partial charge in [-0.1, -0.05) is 48.0 Å². The van der Waals surface area contributed by atoms with Gasteiger partial charge in [0.25, 0.3) is 0 Å². The Morgan fingerprint density at radius 3 is 2.61 bits per heavy atom. The Kier molecular flexibility index (Phi) is 3.64. The topological polar surface area (TPSA) is 33.0 Å². The molecule has 2 heteroatoms. The smallest absolute Gasteiger partial charge is 0.181 e. The molecule has 0 aliphatic heterocycles.